The van der Waals surface area contributed by atoms with Gasteiger partial charge >= 0.3 is 6.18 Å². The van der Waals surface area contributed by atoms with Gasteiger partial charge in [0.25, 0.3) is 0 Å². The van der Waals surface area contributed by atoms with Gasteiger partial charge < -0.3 is 4.74 Å². The van der Waals surface area contributed by atoms with E-state index in [1.807, 2.05) is 12.1 Å². The zero-order chi connectivity index (χ0) is 21.1. The summed E-state index contributed by atoms with van der Waals surface area (Å²) in [5, 5.41) is 0. The van der Waals surface area contributed by atoms with Crippen LogP contribution in [0, 0.1) is 0 Å². The minimum Gasteiger partial charge on any atom is -0.497 e. The molecule has 0 spiro atoms. The van der Waals surface area contributed by atoms with Crippen LogP contribution in [0.25, 0.3) is 0 Å². The lowest BCUT2D eigenvalue weighted by Crippen LogP contribution is -2.36. The highest BCUT2D eigenvalue weighted by Gasteiger charge is 2.32. The molecular weight excluding hydrogens is 405 g/mol. The third-order valence-corrected chi connectivity index (χ3v) is 6.44. The number of likely N-dealkylation sites (tertiary alicyclic amines) is 1. The average Bonchev–Trinajstić information content (AvgIpc) is 3.22. The molecule has 0 aliphatic carbocycles. The lowest BCUT2D eigenvalue weighted by molar-refractivity contribution is -0.137. The van der Waals surface area contributed by atoms with Crippen LogP contribution in [0.1, 0.15) is 30.0 Å². The number of methoxy groups -OCH3 is 1. The van der Waals surface area contributed by atoms with E-state index in [4.69, 9.17) is 4.74 Å². The zero-order valence-corrected chi connectivity index (χ0v) is 16.8. The van der Waals surface area contributed by atoms with E-state index in [1.165, 1.54) is 0 Å². The summed E-state index contributed by atoms with van der Waals surface area (Å²) in [4.78, 5) is 1.78. The minimum atomic E-state index is -4.60. The number of halogens is 3. The molecule has 2 aromatic carbocycles. The molecule has 2 aromatic rings. The highest BCUT2D eigenvalue weighted by molar-refractivity contribution is 7.89. The van der Waals surface area contributed by atoms with Crippen molar-refractivity contribution >= 4 is 10.0 Å². The summed E-state index contributed by atoms with van der Waals surface area (Å²) in [6, 6.07) is 10.9. The summed E-state index contributed by atoms with van der Waals surface area (Å²) < 4.78 is 71.7. The van der Waals surface area contributed by atoms with E-state index >= 15 is 0 Å². The number of hydrogen-bond donors (Lipinski definition) is 1. The first-order chi connectivity index (χ1) is 13.7. The van der Waals surface area contributed by atoms with Crippen LogP contribution >= 0.6 is 0 Å². The van der Waals surface area contributed by atoms with E-state index in [0.29, 0.717) is 11.8 Å². The Morgan fingerprint density at radius 1 is 1.10 bits per heavy atom. The fourth-order valence-corrected chi connectivity index (χ4v) is 4.53. The summed E-state index contributed by atoms with van der Waals surface area (Å²) in [7, 11) is -2.52. The Morgan fingerprint density at radius 3 is 2.34 bits per heavy atom. The molecule has 3 rings (SSSR count). The highest BCUT2D eigenvalue weighted by Crippen LogP contribution is 2.31. The van der Waals surface area contributed by atoms with Crippen molar-refractivity contribution < 1.29 is 26.3 Å². The quantitative estimate of drug-likeness (QED) is 0.728. The molecule has 1 N–H and O–H groups in total. The molecule has 0 saturated carbocycles. The number of nitrogens with zero attached hydrogens (tertiary/aromatic N) is 1. The molecular formula is C20H23F3N2O3S. The van der Waals surface area contributed by atoms with Crippen LogP contribution in [0.5, 0.6) is 5.75 Å². The van der Waals surface area contributed by atoms with Crippen LogP contribution in [-0.2, 0) is 16.2 Å². The van der Waals surface area contributed by atoms with Gasteiger partial charge in [-0.15, -0.1) is 0 Å². The van der Waals surface area contributed by atoms with Crippen molar-refractivity contribution in [1.82, 2.24) is 9.62 Å². The molecule has 0 bridgehead atoms. The van der Waals surface area contributed by atoms with Crippen molar-refractivity contribution in [1.29, 1.82) is 0 Å². The van der Waals surface area contributed by atoms with Gasteiger partial charge in [0.2, 0.25) is 10.0 Å². The van der Waals surface area contributed by atoms with Gasteiger partial charge in [-0.3, -0.25) is 4.90 Å². The first-order valence-electron chi connectivity index (χ1n) is 9.25. The maximum absolute atomic E-state index is 12.9. The van der Waals surface area contributed by atoms with E-state index < -0.39 is 26.7 Å². The molecule has 158 valence electrons. The molecule has 0 amide bonds. The van der Waals surface area contributed by atoms with Crippen molar-refractivity contribution in [2.75, 3.05) is 26.7 Å². The number of hydrogen-bond acceptors (Lipinski definition) is 4. The van der Waals surface area contributed by atoms with E-state index in [2.05, 4.69) is 9.62 Å². The molecule has 29 heavy (non-hydrogen) atoms. The number of alkyl halides is 3. The van der Waals surface area contributed by atoms with Crippen LogP contribution < -0.4 is 9.46 Å². The second kappa shape index (κ2) is 8.73. The molecule has 1 aliphatic rings. The Morgan fingerprint density at radius 2 is 1.76 bits per heavy atom. The van der Waals surface area contributed by atoms with Gasteiger partial charge in [0.05, 0.1) is 17.6 Å². The largest absolute Gasteiger partial charge is 0.497 e. The molecule has 0 aromatic heterocycles. The number of sulfonamides is 1. The summed E-state index contributed by atoms with van der Waals surface area (Å²) >= 11 is 0. The lowest BCUT2D eigenvalue weighted by Gasteiger charge is -2.28. The second-order valence-electron chi connectivity index (χ2n) is 6.91. The summed E-state index contributed by atoms with van der Waals surface area (Å²) in [6.45, 7) is 1.73. The normalized spacial score (nSPS) is 16.7. The van der Waals surface area contributed by atoms with Crippen LogP contribution in [0.2, 0.25) is 0 Å². The van der Waals surface area contributed by atoms with Crippen LogP contribution in [0.15, 0.2) is 53.4 Å². The van der Waals surface area contributed by atoms with Crippen molar-refractivity contribution in [3.05, 3.63) is 59.7 Å². The third kappa shape index (κ3) is 5.29. The first-order valence-corrected chi connectivity index (χ1v) is 10.7. The zero-order valence-electron chi connectivity index (χ0n) is 15.9. The van der Waals surface area contributed by atoms with Crippen molar-refractivity contribution in [2.24, 2.45) is 0 Å². The van der Waals surface area contributed by atoms with Crippen molar-refractivity contribution in [3.63, 3.8) is 0 Å². The van der Waals surface area contributed by atoms with Gasteiger partial charge in [-0.2, -0.15) is 13.2 Å². The Kier molecular flexibility index (Phi) is 6.50. The van der Waals surface area contributed by atoms with Gasteiger partial charge in [-0.05, 0) is 61.8 Å². The molecule has 1 saturated heterocycles. The minimum absolute atomic E-state index is 0.0604. The Bertz CT molecular complexity index is 925. The predicted molar refractivity (Wildman–Crippen MR) is 103 cm³/mol. The molecule has 5 nitrogen and oxygen atoms in total. The van der Waals surface area contributed by atoms with Gasteiger partial charge in [0.15, 0.2) is 0 Å². The predicted octanol–water partition coefficient (Wildman–Crippen LogP) is 3.83. The lowest BCUT2D eigenvalue weighted by atomic mass is 10.1. The van der Waals surface area contributed by atoms with E-state index in [9.17, 15) is 21.6 Å². The molecule has 1 heterocycles. The monoisotopic (exact) mass is 428 g/mol. The standard InChI is InChI=1S/C20H23F3N2O3S/c1-28-17-9-7-15(8-10-17)19(25-11-2-3-12-25)14-24-29(26,27)18-6-4-5-16(13-18)20(21,22)23/h4-10,13,19,24H,2-3,11-12,14H2,1H3. The van der Waals surface area contributed by atoms with Gasteiger partial charge in [0, 0.05) is 12.6 Å². The Labute approximate surface area is 168 Å². The maximum Gasteiger partial charge on any atom is 0.416 e. The number of benzene rings is 2. The van der Waals surface area contributed by atoms with Gasteiger partial charge in [0.1, 0.15) is 5.75 Å². The molecule has 0 radical (unpaired) electrons. The molecule has 1 aliphatic heterocycles. The van der Waals surface area contributed by atoms with E-state index in [0.717, 1.165) is 49.7 Å². The summed E-state index contributed by atoms with van der Waals surface area (Å²) in [5.41, 5.74) is -0.0777. The van der Waals surface area contributed by atoms with Gasteiger partial charge in [-0.1, -0.05) is 18.2 Å². The Balaban J connectivity index is 1.81. The number of rotatable bonds is 7. The topological polar surface area (TPSA) is 58.6 Å². The fraction of sp³-hybridized carbons (Fsp3) is 0.400. The maximum atomic E-state index is 12.9. The Hall–Kier alpha value is -2.10. The highest BCUT2D eigenvalue weighted by atomic mass is 32.2. The van der Waals surface area contributed by atoms with Gasteiger partial charge in [-0.25, -0.2) is 13.1 Å². The average molecular weight is 428 g/mol. The molecule has 9 heteroatoms. The first kappa shape index (κ1) is 21.6. The van der Waals surface area contributed by atoms with Crippen molar-refractivity contribution in [2.45, 2.75) is 30.0 Å². The van der Waals surface area contributed by atoms with E-state index in [1.54, 1.807) is 19.2 Å². The van der Waals surface area contributed by atoms with Crippen LogP contribution in [0.4, 0.5) is 13.2 Å². The summed E-state index contributed by atoms with van der Waals surface area (Å²) in [6.07, 6.45) is -2.56. The fourth-order valence-electron chi connectivity index (χ4n) is 3.45. The second-order valence-corrected chi connectivity index (χ2v) is 8.68. The third-order valence-electron chi connectivity index (χ3n) is 5.02. The van der Waals surface area contributed by atoms with Crippen molar-refractivity contribution in [3.8, 4) is 5.75 Å². The van der Waals surface area contributed by atoms with Crippen LogP contribution in [-0.4, -0.2) is 40.1 Å². The number of ether oxygens (including phenoxy) is 1. The smallest absolute Gasteiger partial charge is 0.416 e. The van der Waals surface area contributed by atoms with Crippen LogP contribution in [0.3, 0.4) is 0 Å². The summed E-state index contributed by atoms with van der Waals surface area (Å²) in [5.74, 6) is 0.693. The molecule has 1 fully saturated rings. The SMILES string of the molecule is COc1ccc(C(CNS(=O)(=O)c2cccc(C(F)(F)F)c2)N2CCCC2)cc1. The number of nitrogens with one attached hydrogen (secondary N) is 1. The van der Waals surface area contributed by atoms with E-state index in [-0.39, 0.29) is 12.6 Å². The molecule has 1 atom stereocenters. The molecule has 1 unspecified atom stereocenters.